The molecule has 0 saturated carbocycles. The molecule has 1 aliphatic rings. The van der Waals surface area contributed by atoms with E-state index >= 15 is 0 Å². The number of para-hydroxylation sites is 2. The quantitative estimate of drug-likeness (QED) is 0.224. The second-order valence-electron chi connectivity index (χ2n) is 6.43. The molecule has 0 aliphatic carbocycles. The Morgan fingerprint density at radius 1 is 1.19 bits per heavy atom. The Morgan fingerprint density at radius 2 is 2.00 bits per heavy atom. The van der Waals surface area contributed by atoms with E-state index in [1.165, 1.54) is 11.2 Å². The van der Waals surface area contributed by atoms with E-state index in [2.05, 4.69) is 15.8 Å². The molecule has 0 unspecified atom stereocenters. The van der Waals surface area contributed by atoms with Gasteiger partial charge in [0.25, 0.3) is 11.1 Å². The van der Waals surface area contributed by atoms with Crippen LogP contribution in [-0.4, -0.2) is 44.2 Å². The Hall–Kier alpha value is -3.09. The van der Waals surface area contributed by atoms with Gasteiger partial charge < -0.3 is 8.83 Å². The monoisotopic (exact) mass is 488 g/mol. The van der Waals surface area contributed by atoms with Gasteiger partial charge >= 0.3 is 0 Å². The van der Waals surface area contributed by atoms with Crippen molar-refractivity contribution in [2.75, 3.05) is 12.3 Å². The minimum absolute atomic E-state index is 0.0133. The van der Waals surface area contributed by atoms with E-state index in [1.807, 2.05) is 18.2 Å². The third-order valence-corrected chi connectivity index (χ3v) is 6.40. The van der Waals surface area contributed by atoms with Crippen LogP contribution >= 0.6 is 35.7 Å². The number of oxazole rings is 1. The summed E-state index contributed by atoms with van der Waals surface area (Å²) < 4.78 is 11.1. The largest absolute Gasteiger partial charge is 0.465 e. The first-order valence-electron chi connectivity index (χ1n) is 9.34. The number of benzene rings is 1. The van der Waals surface area contributed by atoms with Crippen molar-refractivity contribution in [3.05, 3.63) is 53.3 Å². The molecular formula is C20H16N4O5S3. The van der Waals surface area contributed by atoms with Gasteiger partial charge in [0.2, 0.25) is 11.8 Å². The SMILES string of the molecule is O=C(CCN1C(=O)C(=Cc2ccco2)SC1=S)NNC(=O)CSc1nc2ccccc2o1. The molecule has 3 heterocycles. The summed E-state index contributed by atoms with van der Waals surface area (Å²) in [6.45, 7) is 0.0967. The maximum absolute atomic E-state index is 12.5. The molecule has 3 aromatic rings. The predicted octanol–water partition coefficient (Wildman–Crippen LogP) is 2.95. The number of thioether (sulfide) groups is 2. The normalized spacial score (nSPS) is 15.0. The van der Waals surface area contributed by atoms with Crippen LogP contribution in [0, 0.1) is 0 Å². The van der Waals surface area contributed by atoms with Crippen LogP contribution in [0.2, 0.25) is 0 Å². The third kappa shape index (κ3) is 5.39. The smallest absolute Gasteiger partial charge is 0.266 e. The average Bonchev–Trinajstić information content (AvgIpc) is 3.50. The van der Waals surface area contributed by atoms with Crippen LogP contribution < -0.4 is 10.9 Å². The molecule has 3 amide bonds. The van der Waals surface area contributed by atoms with Gasteiger partial charge in [-0.3, -0.25) is 30.1 Å². The summed E-state index contributed by atoms with van der Waals surface area (Å²) in [4.78, 5) is 42.6. The highest BCUT2D eigenvalue weighted by Gasteiger charge is 2.32. The molecule has 0 spiro atoms. The maximum atomic E-state index is 12.5. The second-order valence-corrected chi connectivity index (χ2v) is 9.03. The number of hydrazine groups is 1. The lowest BCUT2D eigenvalue weighted by Gasteiger charge is -2.14. The molecule has 0 bridgehead atoms. The Morgan fingerprint density at radius 3 is 2.78 bits per heavy atom. The molecular weight excluding hydrogens is 472 g/mol. The molecule has 1 fully saturated rings. The standard InChI is InChI=1S/C20H16N4O5S3/c25-16(7-8-24-18(27)15(32-20(24)30)10-12-4-3-9-28-12)22-23-17(26)11-31-19-21-13-5-1-2-6-14(13)29-19/h1-6,9-10H,7-8,11H2,(H,22,25)(H,23,26). The highest BCUT2D eigenvalue weighted by Crippen LogP contribution is 2.32. The van der Waals surface area contributed by atoms with Crippen LogP contribution in [0.4, 0.5) is 0 Å². The van der Waals surface area contributed by atoms with Crippen LogP contribution in [0.25, 0.3) is 17.2 Å². The molecule has 2 aromatic heterocycles. The van der Waals surface area contributed by atoms with Crippen LogP contribution in [0.15, 0.2) is 61.6 Å². The van der Waals surface area contributed by atoms with Crippen LogP contribution in [0.3, 0.4) is 0 Å². The van der Waals surface area contributed by atoms with Crippen molar-refractivity contribution in [3.8, 4) is 0 Å². The lowest BCUT2D eigenvalue weighted by molar-refractivity contribution is -0.128. The van der Waals surface area contributed by atoms with Crippen molar-refractivity contribution < 1.29 is 23.2 Å². The van der Waals surface area contributed by atoms with Gasteiger partial charge in [0.15, 0.2) is 5.58 Å². The summed E-state index contributed by atoms with van der Waals surface area (Å²) in [5.74, 6) is -0.601. The third-order valence-electron chi connectivity index (χ3n) is 4.19. The number of carbonyl (C=O) groups is 3. The first-order chi connectivity index (χ1) is 15.5. The maximum Gasteiger partial charge on any atom is 0.266 e. The number of nitrogens with zero attached hydrogens (tertiary/aromatic N) is 2. The molecule has 9 nitrogen and oxygen atoms in total. The van der Waals surface area contributed by atoms with Gasteiger partial charge in [-0.05, 0) is 24.3 Å². The molecule has 4 rings (SSSR count). The van der Waals surface area contributed by atoms with Crippen molar-refractivity contribution >= 4 is 75.0 Å². The van der Waals surface area contributed by atoms with Crippen LogP contribution in [0.5, 0.6) is 0 Å². The number of carbonyl (C=O) groups excluding carboxylic acids is 3. The molecule has 1 aliphatic heterocycles. The highest BCUT2D eigenvalue weighted by atomic mass is 32.2. The molecule has 32 heavy (non-hydrogen) atoms. The zero-order chi connectivity index (χ0) is 22.5. The zero-order valence-electron chi connectivity index (χ0n) is 16.4. The Balaban J connectivity index is 1.19. The summed E-state index contributed by atoms with van der Waals surface area (Å²) in [6, 6.07) is 10.7. The van der Waals surface area contributed by atoms with Gasteiger partial charge in [0, 0.05) is 19.0 Å². The number of nitrogens with one attached hydrogen (secondary N) is 2. The van der Waals surface area contributed by atoms with E-state index in [-0.39, 0.29) is 24.6 Å². The van der Waals surface area contributed by atoms with Crippen molar-refractivity contribution in [1.82, 2.24) is 20.7 Å². The van der Waals surface area contributed by atoms with Gasteiger partial charge in [-0.2, -0.15) is 0 Å². The summed E-state index contributed by atoms with van der Waals surface area (Å²) in [7, 11) is 0. The summed E-state index contributed by atoms with van der Waals surface area (Å²) >= 11 is 7.49. The van der Waals surface area contributed by atoms with Crippen molar-refractivity contribution in [2.45, 2.75) is 11.6 Å². The van der Waals surface area contributed by atoms with E-state index in [9.17, 15) is 14.4 Å². The van der Waals surface area contributed by atoms with Gasteiger partial charge in [-0.15, -0.1) is 0 Å². The first-order valence-corrected chi connectivity index (χ1v) is 11.6. The Bertz CT molecular complexity index is 1170. The number of hydrogen-bond donors (Lipinski definition) is 2. The van der Waals surface area contributed by atoms with Crippen LogP contribution in [0.1, 0.15) is 12.2 Å². The molecule has 12 heteroatoms. The fourth-order valence-corrected chi connectivity index (χ4v) is 4.61. The minimum Gasteiger partial charge on any atom is -0.465 e. The second kappa shape index (κ2) is 10.0. The number of rotatable bonds is 7. The first kappa shape index (κ1) is 22.1. The fraction of sp³-hybridized carbons (Fsp3) is 0.150. The lowest BCUT2D eigenvalue weighted by Crippen LogP contribution is -2.44. The van der Waals surface area contributed by atoms with Crippen molar-refractivity contribution in [2.24, 2.45) is 0 Å². The van der Waals surface area contributed by atoms with Crippen LogP contribution in [-0.2, 0) is 14.4 Å². The van der Waals surface area contributed by atoms with E-state index in [1.54, 1.807) is 24.3 Å². The van der Waals surface area contributed by atoms with Gasteiger partial charge in [-0.25, -0.2) is 4.98 Å². The number of furan rings is 1. The summed E-state index contributed by atoms with van der Waals surface area (Å²) in [5.41, 5.74) is 6.00. The molecule has 1 aromatic carbocycles. The number of amides is 3. The fourth-order valence-electron chi connectivity index (χ4n) is 2.69. The summed E-state index contributed by atoms with van der Waals surface area (Å²) in [5, 5.41) is 0.365. The Kier molecular flexibility index (Phi) is 6.93. The number of aromatic nitrogens is 1. The zero-order valence-corrected chi connectivity index (χ0v) is 18.9. The number of fused-ring (bicyclic) bond motifs is 1. The molecule has 0 radical (unpaired) electrons. The van der Waals surface area contributed by atoms with Gasteiger partial charge in [-0.1, -0.05) is 47.9 Å². The minimum atomic E-state index is -0.450. The van der Waals surface area contributed by atoms with Crippen molar-refractivity contribution in [3.63, 3.8) is 0 Å². The van der Waals surface area contributed by atoms with E-state index < -0.39 is 11.8 Å². The summed E-state index contributed by atoms with van der Waals surface area (Å²) in [6.07, 6.45) is 3.09. The molecule has 164 valence electrons. The topological polar surface area (TPSA) is 118 Å². The van der Waals surface area contributed by atoms with E-state index in [0.29, 0.717) is 31.3 Å². The van der Waals surface area contributed by atoms with Crippen molar-refractivity contribution in [1.29, 1.82) is 0 Å². The molecule has 0 atom stereocenters. The average molecular weight is 489 g/mol. The number of hydrogen-bond acceptors (Lipinski definition) is 9. The predicted molar refractivity (Wildman–Crippen MR) is 124 cm³/mol. The van der Waals surface area contributed by atoms with Gasteiger partial charge in [0.05, 0.1) is 16.9 Å². The Labute approximate surface area is 195 Å². The van der Waals surface area contributed by atoms with Gasteiger partial charge in [0.1, 0.15) is 15.6 Å². The van der Waals surface area contributed by atoms with E-state index in [0.717, 1.165) is 23.5 Å². The van der Waals surface area contributed by atoms with E-state index in [4.69, 9.17) is 21.1 Å². The lowest BCUT2D eigenvalue weighted by atomic mass is 10.3. The highest BCUT2D eigenvalue weighted by molar-refractivity contribution is 8.26. The molecule has 2 N–H and O–H groups in total. The number of thiocarbonyl (C=S) groups is 1. The molecule has 1 saturated heterocycles.